The van der Waals surface area contributed by atoms with E-state index in [4.69, 9.17) is 11.5 Å². The van der Waals surface area contributed by atoms with Gasteiger partial charge >= 0.3 is 0 Å². The van der Waals surface area contributed by atoms with Gasteiger partial charge in [0.05, 0.1) is 11.6 Å². The molecule has 0 radical (unpaired) electrons. The topological polar surface area (TPSA) is 187 Å². The third-order valence-electron chi connectivity index (χ3n) is 7.35. The molecule has 10 heteroatoms. The number of amides is 1. The summed E-state index contributed by atoms with van der Waals surface area (Å²) in [5.74, 6) is -6.51. The van der Waals surface area contributed by atoms with Crippen LogP contribution in [0, 0.1) is 11.8 Å². The maximum absolute atomic E-state index is 13.7. The monoisotopic (exact) mass is 471 g/mol. The van der Waals surface area contributed by atoms with Gasteiger partial charge in [-0.15, -0.1) is 0 Å². The van der Waals surface area contributed by atoms with Crippen LogP contribution in [0.1, 0.15) is 29.5 Å². The average Bonchev–Trinajstić information content (AvgIpc) is 2.75. The van der Waals surface area contributed by atoms with E-state index in [0.717, 1.165) is 5.56 Å². The third kappa shape index (κ3) is 3.17. The van der Waals surface area contributed by atoms with Crippen molar-refractivity contribution in [3.8, 4) is 5.75 Å². The van der Waals surface area contributed by atoms with Crippen LogP contribution in [-0.4, -0.2) is 75.1 Å². The maximum Gasteiger partial charge on any atom is 0.255 e. The molecule has 1 amide bonds. The summed E-state index contributed by atoms with van der Waals surface area (Å²) in [5.41, 5.74) is 9.01. The molecule has 1 aromatic carbocycles. The summed E-state index contributed by atoms with van der Waals surface area (Å²) in [6.07, 6.45) is 1.65. The van der Waals surface area contributed by atoms with Gasteiger partial charge in [0.25, 0.3) is 5.91 Å². The fourth-order valence-electron chi connectivity index (χ4n) is 5.84. The Hall–Kier alpha value is -3.21. The second-order valence-electron chi connectivity index (χ2n) is 9.45. The van der Waals surface area contributed by atoms with E-state index in [1.54, 1.807) is 20.2 Å². The molecule has 4 atom stereocenters. The van der Waals surface area contributed by atoms with Crippen molar-refractivity contribution in [3.05, 3.63) is 45.7 Å². The number of primary amides is 1. The molecule has 4 rings (SSSR count). The van der Waals surface area contributed by atoms with Crippen LogP contribution >= 0.6 is 0 Å². The van der Waals surface area contributed by atoms with Crippen molar-refractivity contribution in [2.24, 2.45) is 23.3 Å². The van der Waals surface area contributed by atoms with Crippen molar-refractivity contribution in [3.63, 3.8) is 0 Å². The molecule has 182 valence electrons. The Morgan fingerprint density at radius 2 is 1.88 bits per heavy atom. The van der Waals surface area contributed by atoms with Crippen LogP contribution < -0.4 is 11.5 Å². The second-order valence-corrected chi connectivity index (χ2v) is 9.45. The number of rotatable bonds is 5. The predicted molar refractivity (Wildman–Crippen MR) is 122 cm³/mol. The Kier molecular flexibility index (Phi) is 5.79. The molecule has 0 unspecified atom stereocenters. The highest BCUT2D eigenvalue weighted by atomic mass is 16.3. The number of hydrogen-bond acceptors (Lipinski definition) is 9. The first kappa shape index (κ1) is 23.9. The molecule has 0 aliphatic heterocycles. The van der Waals surface area contributed by atoms with Crippen molar-refractivity contribution >= 4 is 23.2 Å². The van der Waals surface area contributed by atoms with E-state index < -0.39 is 58.0 Å². The molecule has 0 bridgehead atoms. The highest BCUT2D eigenvalue weighted by Crippen LogP contribution is 2.52. The number of nitrogens with zero attached hydrogens (tertiary/aromatic N) is 1. The minimum atomic E-state index is -2.63. The quantitative estimate of drug-likeness (QED) is 0.318. The summed E-state index contributed by atoms with van der Waals surface area (Å²) in [6.45, 7) is 0.459. The molecular weight excluding hydrogens is 442 g/mol. The Balaban J connectivity index is 1.94. The Labute approximate surface area is 196 Å². The van der Waals surface area contributed by atoms with Crippen molar-refractivity contribution in [1.29, 1.82) is 0 Å². The SMILES string of the molecule is CN(C)[C@@H]1C(=O)C(C(N)=O)=C(O)[C@@]2(O)C(=O)C3=C(O)c4c(O)ccc(CCCN)c4C[C@H]3C[C@@H]12. The van der Waals surface area contributed by atoms with Gasteiger partial charge < -0.3 is 31.9 Å². The molecule has 1 saturated carbocycles. The number of carbonyl (C=O) groups excluding carboxylic acids is 3. The van der Waals surface area contributed by atoms with Crippen LogP contribution in [0.3, 0.4) is 0 Å². The van der Waals surface area contributed by atoms with Gasteiger partial charge in [-0.1, -0.05) is 6.07 Å². The number of carbonyl (C=O) groups is 3. The van der Waals surface area contributed by atoms with Crippen LogP contribution in [0.2, 0.25) is 0 Å². The first-order valence-electron chi connectivity index (χ1n) is 11.1. The number of phenolic OH excluding ortho intramolecular Hbond substituents is 1. The zero-order valence-electron chi connectivity index (χ0n) is 19.0. The fourth-order valence-corrected chi connectivity index (χ4v) is 5.84. The number of fused-ring (bicyclic) bond motifs is 3. The van der Waals surface area contributed by atoms with Gasteiger partial charge in [-0.05, 0) is 69.4 Å². The number of aromatic hydroxyl groups is 1. The minimum absolute atomic E-state index is 0.0672. The van der Waals surface area contributed by atoms with E-state index in [2.05, 4.69) is 0 Å². The molecule has 0 saturated heterocycles. The molecule has 1 fully saturated rings. The summed E-state index contributed by atoms with van der Waals surface area (Å²) < 4.78 is 0. The van der Waals surface area contributed by atoms with Crippen molar-refractivity contribution in [2.45, 2.75) is 37.3 Å². The van der Waals surface area contributed by atoms with Gasteiger partial charge in [0.1, 0.15) is 22.8 Å². The lowest BCUT2D eigenvalue weighted by atomic mass is 9.57. The first-order valence-corrected chi connectivity index (χ1v) is 11.1. The summed E-state index contributed by atoms with van der Waals surface area (Å²) >= 11 is 0. The van der Waals surface area contributed by atoms with Gasteiger partial charge in [0.2, 0.25) is 5.78 Å². The van der Waals surface area contributed by atoms with E-state index in [9.17, 15) is 34.8 Å². The number of phenols is 1. The highest BCUT2D eigenvalue weighted by molar-refractivity contribution is 6.24. The lowest BCUT2D eigenvalue weighted by Gasteiger charge is -2.50. The number of ketones is 2. The molecule has 0 aromatic heterocycles. The van der Waals surface area contributed by atoms with Crippen LogP contribution in [0.4, 0.5) is 0 Å². The Bertz CT molecular complexity index is 1170. The number of benzene rings is 1. The smallest absolute Gasteiger partial charge is 0.255 e. The summed E-state index contributed by atoms with van der Waals surface area (Å²) in [4.78, 5) is 40.3. The first-order chi connectivity index (χ1) is 16.0. The summed E-state index contributed by atoms with van der Waals surface area (Å²) in [7, 11) is 3.13. The molecule has 10 nitrogen and oxygen atoms in total. The number of Topliss-reactive ketones (excluding diaryl/α,β-unsaturated/α-hetero) is 2. The van der Waals surface area contributed by atoms with Gasteiger partial charge in [0, 0.05) is 11.5 Å². The van der Waals surface area contributed by atoms with E-state index in [1.807, 2.05) is 0 Å². The van der Waals surface area contributed by atoms with E-state index in [0.29, 0.717) is 24.9 Å². The largest absolute Gasteiger partial charge is 0.508 e. The minimum Gasteiger partial charge on any atom is -0.508 e. The van der Waals surface area contributed by atoms with Crippen LogP contribution in [0.5, 0.6) is 5.75 Å². The van der Waals surface area contributed by atoms with Crippen LogP contribution in [0.15, 0.2) is 29.0 Å². The molecule has 1 aromatic rings. The Morgan fingerprint density at radius 3 is 2.47 bits per heavy atom. The maximum atomic E-state index is 13.7. The fraction of sp³-hybridized carbons (Fsp3) is 0.458. The van der Waals surface area contributed by atoms with Crippen molar-refractivity contribution < 1.29 is 34.8 Å². The number of aliphatic hydroxyl groups excluding tert-OH is 2. The summed E-state index contributed by atoms with van der Waals surface area (Å²) in [6, 6.07) is 2.08. The number of aliphatic hydroxyl groups is 3. The second kappa shape index (κ2) is 8.23. The summed E-state index contributed by atoms with van der Waals surface area (Å²) in [5, 5.41) is 44.0. The average molecular weight is 472 g/mol. The molecule has 34 heavy (non-hydrogen) atoms. The molecular formula is C24H29N3O7. The molecule has 3 aliphatic rings. The number of hydrogen-bond donors (Lipinski definition) is 6. The number of likely N-dealkylation sites (N-methyl/N-ethyl adjacent to an activating group) is 1. The molecule has 8 N–H and O–H groups in total. The normalized spacial score (nSPS) is 28.7. The van der Waals surface area contributed by atoms with Crippen molar-refractivity contribution in [1.82, 2.24) is 4.90 Å². The van der Waals surface area contributed by atoms with E-state index in [1.165, 1.54) is 11.0 Å². The van der Waals surface area contributed by atoms with Gasteiger partial charge in [-0.25, -0.2) is 0 Å². The van der Waals surface area contributed by atoms with Crippen molar-refractivity contribution in [2.75, 3.05) is 20.6 Å². The molecule has 0 spiro atoms. The lowest BCUT2D eigenvalue weighted by Crippen LogP contribution is -2.65. The number of nitrogens with two attached hydrogens (primary N) is 2. The number of aryl methyl sites for hydroxylation is 1. The predicted octanol–water partition coefficient (Wildman–Crippen LogP) is -0.145. The van der Waals surface area contributed by atoms with E-state index in [-0.39, 0.29) is 29.7 Å². The molecule has 0 heterocycles. The highest BCUT2D eigenvalue weighted by Gasteiger charge is 2.64. The lowest BCUT2D eigenvalue weighted by molar-refractivity contribution is -0.153. The molecule has 3 aliphatic carbocycles. The van der Waals surface area contributed by atoms with E-state index >= 15 is 0 Å². The van der Waals surface area contributed by atoms with Gasteiger partial charge in [-0.2, -0.15) is 0 Å². The third-order valence-corrected chi connectivity index (χ3v) is 7.35. The van der Waals surface area contributed by atoms with Crippen LogP contribution in [-0.2, 0) is 27.2 Å². The van der Waals surface area contributed by atoms with Gasteiger partial charge in [0.15, 0.2) is 11.4 Å². The zero-order chi connectivity index (χ0) is 25.1. The zero-order valence-corrected chi connectivity index (χ0v) is 19.0. The van der Waals surface area contributed by atoms with Crippen LogP contribution in [0.25, 0.3) is 5.76 Å². The van der Waals surface area contributed by atoms with Gasteiger partial charge in [-0.3, -0.25) is 19.3 Å². The Morgan fingerprint density at radius 1 is 1.21 bits per heavy atom. The standard InChI is InChI=1S/C24H29N3O7/c1-27(2)18-13-9-11-8-12-10(4-3-7-25)5-6-14(28)16(12)19(29)15(11)21(31)24(13,34)22(32)17(20(18)30)23(26)33/h5-6,11,13,18,28-29,32,34H,3-4,7-9,25H2,1-2H3,(H2,26,33)/t11-,13-,18-,24-/m0/s1.